The molecular weight excluding hydrogens is 202 g/mol. The second-order valence-corrected chi connectivity index (χ2v) is 4.76. The van der Waals surface area contributed by atoms with Crippen LogP contribution < -0.4 is 5.73 Å². The predicted molar refractivity (Wildman–Crippen MR) is 62.8 cm³/mol. The summed E-state index contributed by atoms with van der Waals surface area (Å²) in [7, 11) is 0. The van der Waals surface area contributed by atoms with Crippen molar-refractivity contribution in [2.24, 2.45) is 0 Å². The Bertz CT molecular complexity index is 497. The van der Waals surface area contributed by atoms with Crippen molar-refractivity contribution in [3.63, 3.8) is 0 Å². The van der Waals surface area contributed by atoms with Gasteiger partial charge in [0.15, 0.2) is 5.82 Å². The molecule has 0 radical (unpaired) electrons. The van der Waals surface area contributed by atoms with Gasteiger partial charge in [-0.2, -0.15) is 4.98 Å². The molecule has 2 rings (SSSR count). The number of nitrogen functional groups attached to an aromatic ring is 1. The van der Waals surface area contributed by atoms with E-state index in [-0.39, 0.29) is 5.41 Å². The number of para-hydroxylation sites is 1. The Labute approximate surface area is 94.5 Å². The summed E-state index contributed by atoms with van der Waals surface area (Å²) in [5.74, 6) is 1.16. The molecule has 0 amide bonds. The number of benzene rings is 1. The maximum atomic E-state index is 5.84. The monoisotopic (exact) mass is 217 g/mol. The zero-order chi connectivity index (χ0) is 11.8. The first kappa shape index (κ1) is 10.7. The molecule has 2 N–H and O–H groups in total. The average Bonchev–Trinajstić information content (AvgIpc) is 2.66. The van der Waals surface area contributed by atoms with E-state index in [1.54, 1.807) is 0 Å². The summed E-state index contributed by atoms with van der Waals surface area (Å²) in [4.78, 5) is 4.35. The van der Waals surface area contributed by atoms with Gasteiger partial charge in [0.2, 0.25) is 0 Å². The summed E-state index contributed by atoms with van der Waals surface area (Å²) < 4.78 is 5.22. The number of rotatable bonds is 1. The van der Waals surface area contributed by atoms with Crippen LogP contribution in [0, 0.1) is 0 Å². The van der Waals surface area contributed by atoms with Gasteiger partial charge in [-0.05, 0) is 12.1 Å². The molecular formula is C12H15N3O. The molecule has 0 spiro atoms. The summed E-state index contributed by atoms with van der Waals surface area (Å²) in [6, 6.07) is 7.46. The smallest absolute Gasteiger partial charge is 0.260 e. The first-order valence-corrected chi connectivity index (χ1v) is 5.17. The molecule has 84 valence electrons. The molecule has 1 aromatic carbocycles. The molecule has 0 saturated heterocycles. The van der Waals surface area contributed by atoms with E-state index < -0.39 is 0 Å². The van der Waals surface area contributed by atoms with Crippen molar-refractivity contribution in [1.29, 1.82) is 0 Å². The molecule has 0 aliphatic rings. The highest BCUT2D eigenvalue weighted by Gasteiger charge is 2.21. The number of aromatic nitrogens is 2. The Morgan fingerprint density at radius 2 is 1.88 bits per heavy atom. The molecule has 0 aliphatic carbocycles. The van der Waals surface area contributed by atoms with Gasteiger partial charge in [-0.15, -0.1) is 0 Å². The van der Waals surface area contributed by atoms with Gasteiger partial charge >= 0.3 is 0 Å². The quantitative estimate of drug-likeness (QED) is 0.746. The van der Waals surface area contributed by atoms with Crippen molar-refractivity contribution in [1.82, 2.24) is 10.1 Å². The minimum absolute atomic E-state index is 0.120. The molecule has 1 heterocycles. The van der Waals surface area contributed by atoms with Gasteiger partial charge in [-0.3, -0.25) is 0 Å². The largest absolute Gasteiger partial charge is 0.398 e. The molecule has 0 saturated carbocycles. The molecule has 0 unspecified atom stereocenters. The molecule has 0 aliphatic heterocycles. The van der Waals surface area contributed by atoms with Crippen LogP contribution in [-0.2, 0) is 5.41 Å². The van der Waals surface area contributed by atoms with Gasteiger partial charge < -0.3 is 10.3 Å². The third-order valence-electron chi connectivity index (χ3n) is 2.29. The lowest BCUT2D eigenvalue weighted by Gasteiger charge is -2.10. The van der Waals surface area contributed by atoms with E-state index >= 15 is 0 Å². The zero-order valence-electron chi connectivity index (χ0n) is 9.69. The van der Waals surface area contributed by atoms with E-state index in [0.29, 0.717) is 17.4 Å². The Hall–Kier alpha value is -1.84. The fourth-order valence-corrected chi connectivity index (χ4v) is 1.33. The van der Waals surface area contributed by atoms with Crippen LogP contribution in [0.2, 0.25) is 0 Å². The molecule has 2 aromatic rings. The molecule has 0 bridgehead atoms. The van der Waals surface area contributed by atoms with Gasteiger partial charge in [0.05, 0.1) is 5.56 Å². The summed E-state index contributed by atoms with van der Waals surface area (Å²) in [5.41, 5.74) is 7.15. The number of hydrogen-bond acceptors (Lipinski definition) is 4. The van der Waals surface area contributed by atoms with E-state index in [0.717, 1.165) is 5.56 Å². The van der Waals surface area contributed by atoms with Gasteiger partial charge in [0.1, 0.15) is 0 Å². The minimum Gasteiger partial charge on any atom is -0.398 e. The SMILES string of the molecule is CC(C)(C)c1noc(-c2ccccc2N)n1. The van der Waals surface area contributed by atoms with E-state index in [4.69, 9.17) is 10.3 Å². The van der Waals surface area contributed by atoms with E-state index in [1.807, 2.05) is 45.0 Å². The lowest BCUT2D eigenvalue weighted by molar-refractivity contribution is 0.402. The average molecular weight is 217 g/mol. The third-order valence-corrected chi connectivity index (χ3v) is 2.29. The Kier molecular flexibility index (Phi) is 2.42. The molecule has 0 atom stereocenters. The highest BCUT2D eigenvalue weighted by atomic mass is 16.5. The van der Waals surface area contributed by atoms with Crippen molar-refractivity contribution in [2.75, 3.05) is 5.73 Å². The highest BCUT2D eigenvalue weighted by molar-refractivity contribution is 5.69. The van der Waals surface area contributed by atoms with Crippen molar-refractivity contribution in [3.05, 3.63) is 30.1 Å². The van der Waals surface area contributed by atoms with E-state index in [1.165, 1.54) is 0 Å². The van der Waals surface area contributed by atoms with Crippen LogP contribution in [0.3, 0.4) is 0 Å². The topological polar surface area (TPSA) is 64.9 Å². The molecule has 4 nitrogen and oxygen atoms in total. The number of nitrogens with two attached hydrogens (primary N) is 1. The number of hydrogen-bond donors (Lipinski definition) is 1. The third kappa shape index (κ3) is 1.91. The lowest BCUT2D eigenvalue weighted by Crippen LogP contribution is -2.13. The first-order valence-electron chi connectivity index (χ1n) is 5.17. The fraction of sp³-hybridized carbons (Fsp3) is 0.333. The van der Waals surface area contributed by atoms with Gasteiger partial charge in [-0.1, -0.05) is 38.1 Å². The predicted octanol–water partition coefficient (Wildman–Crippen LogP) is 2.62. The second kappa shape index (κ2) is 3.63. The lowest BCUT2D eigenvalue weighted by atomic mass is 9.96. The van der Waals surface area contributed by atoms with E-state index in [2.05, 4.69) is 10.1 Å². The molecule has 0 fully saturated rings. The van der Waals surface area contributed by atoms with Crippen LogP contribution in [0.1, 0.15) is 26.6 Å². The molecule has 1 aromatic heterocycles. The summed E-state index contributed by atoms with van der Waals surface area (Å²) in [5, 5.41) is 3.96. The highest BCUT2D eigenvalue weighted by Crippen LogP contribution is 2.26. The Morgan fingerprint density at radius 1 is 1.19 bits per heavy atom. The zero-order valence-corrected chi connectivity index (χ0v) is 9.69. The second-order valence-electron chi connectivity index (χ2n) is 4.76. The molecule has 16 heavy (non-hydrogen) atoms. The summed E-state index contributed by atoms with van der Waals surface area (Å²) >= 11 is 0. The van der Waals surface area contributed by atoms with Gasteiger partial charge in [0.25, 0.3) is 5.89 Å². The van der Waals surface area contributed by atoms with E-state index in [9.17, 15) is 0 Å². The summed E-state index contributed by atoms with van der Waals surface area (Å²) in [6.07, 6.45) is 0. The first-order chi connectivity index (χ1) is 7.48. The van der Waals surface area contributed by atoms with Crippen molar-refractivity contribution in [2.45, 2.75) is 26.2 Å². The van der Waals surface area contributed by atoms with Crippen LogP contribution in [-0.4, -0.2) is 10.1 Å². The van der Waals surface area contributed by atoms with Crippen LogP contribution in [0.4, 0.5) is 5.69 Å². The maximum Gasteiger partial charge on any atom is 0.260 e. The van der Waals surface area contributed by atoms with Crippen LogP contribution in [0.15, 0.2) is 28.8 Å². The normalized spacial score (nSPS) is 11.7. The maximum absolute atomic E-state index is 5.84. The van der Waals surface area contributed by atoms with Crippen molar-refractivity contribution >= 4 is 5.69 Å². The van der Waals surface area contributed by atoms with Gasteiger partial charge in [0, 0.05) is 11.1 Å². The van der Waals surface area contributed by atoms with Crippen LogP contribution in [0.5, 0.6) is 0 Å². The molecule has 4 heteroatoms. The number of anilines is 1. The Morgan fingerprint density at radius 3 is 2.44 bits per heavy atom. The van der Waals surface area contributed by atoms with Crippen molar-refractivity contribution < 1.29 is 4.52 Å². The summed E-state index contributed by atoms with van der Waals surface area (Å²) in [6.45, 7) is 6.11. The van der Waals surface area contributed by atoms with Gasteiger partial charge in [-0.25, -0.2) is 0 Å². The van der Waals surface area contributed by atoms with Crippen molar-refractivity contribution in [3.8, 4) is 11.5 Å². The Balaban J connectivity index is 2.44. The van der Waals surface area contributed by atoms with Crippen LogP contribution in [0.25, 0.3) is 11.5 Å². The fourth-order valence-electron chi connectivity index (χ4n) is 1.33. The standard InChI is InChI=1S/C12H15N3O/c1-12(2,3)11-14-10(16-15-11)8-6-4-5-7-9(8)13/h4-7H,13H2,1-3H3. The van der Waals surface area contributed by atoms with Crippen LogP contribution >= 0.6 is 0 Å². The number of nitrogens with zero attached hydrogens (tertiary/aromatic N) is 2. The minimum atomic E-state index is -0.120.